The summed E-state index contributed by atoms with van der Waals surface area (Å²) < 4.78 is 6.52. The summed E-state index contributed by atoms with van der Waals surface area (Å²) in [5.74, 6) is -1.07. The van der Waals surface area contributed by atoms with E-state index in [0.29, 0.717) is 18.4 Å². The van der Waals surface area contributed by atoms with Crippen molar-refractivity contribution in [3.05, 3.63) is 34.3 Å². The molecule has 5 nitrogen and oxygen atoms in total. The Morgan fingerprint density at radius 1 is 1.47 bits per heavy atom. The van der Waals surface area contributed by atoms with Crippen molar-refractivity contribution in [2.45, 2.75) is 25.7 Å². The molecule has 0 unspecified atom stereocenters. The molecular weight excluding hydrogens is 246 g/mol. The van der Waals surface area contributed by atoms with Crippen LogP contribution in [0.1, 0.15) is 24.8 Å². The van der Waals surface area contributed by atoms with E-state index in [4.69, 9.17) is 9.52 Å². The van der Waals surface area contributed by atoms with Crippen LogP contribution in [-0.2, 0) is 18.3 Å². The predicted molar refractivity (Wildman–Crippen MR) is 69.1 cm³/mol. The zero-order valence-electron chi connectivity index (χ0n) is 10.7. The van der Waals surface area contributed by atoms with Gasteiger partial charge in [-0.1, -0.05) is 6.07 Å². The maximum atomic E-state index is 11.4. The van der Waals surface area contributed by atoms with Gasteiger partial charge in [-0.3, -0.25) is 9.36 Å². The summed E-state index contributed by atoms with van der Waals surface area (Å²) >= 11 is 0. The van der Waals surface area contributed by atoms with Gasteiger partial charge in [0.25, 0.3) is 0 Å². The molecule has 1 saturated carbocycles. The van der Waals surface area contributed by atoms with Crippen LogP contribution in [-0.4, -0.2) is 15.6 Å². The molecule has 0 atom stereocenters. The molecule has 0 saturated heterocycles. The smallest absolute Gasteiger partial charge is 0.419 e. The van der Waals surface area contributed by atoms with Crippen molar-refractivity contribution in [1.82, 2.24) is 4.57 Å². The van der Waals surface area contributed by atoms with Crippen LogP contribution in [0.4, 0.5) is 0 Å². The Kier molecular flexibility index (Phi) is 2.52. The van der Waals surface area contributed by atoms with Crippen LogP contribution < -0.4 is 5.76 Å². The summed E-state index contributed by atoms with van der Waals surface area (Å²) in [7, 11) is 1.66. The van der Waals surface area contributed by atoms with Crippen molar-refractivity contribution in [1.29, 1.82) is 0 Å². The predicted octanol–water partition coefficient (Wildman–Crippen LogP) is 1.93. The molecule has 1 aromatic carbocycles. The number of hydrogen-bond donors (Lipinski definition) is 1. The lowest BCUT2D eigenvalue weighted by atomic mass is 9.97. The zero-order valence-corrected chi connectivity index (χ0v) is 10.7. The van der Waals surface area contributed by atoms with Crippen LogP contribution in [0.2, 0.25) is 0 Å². The first-order valence-electron chi connectivity index (χ1n) is 6.34. The number of aliphatic carboxylic acids is 1. The van der Waals surface area contributed by atoms with Crippen LogP contribution >= 0.6 is 0 Å². The van der Waals surface area contributed by atoms with Crippen LogP contribution in [0.25, 0.3) is 11.1 Å². The molecule has 1 aliphatic rings. The number of nitrogens with zero attached hydrogens (tertiary/aromatic N) is 1. The zero-order chi connectivity index (χ0) is 13.6. The van der Waals surface area contributed by atoms with E-state index in [2.05, 4.69) is 0 Å². The Morgan fingerprint density at radius 3 is 2.84 bits per heavy atom. The molecule has 1 fully saturated rings. The van der Waals surface area contributed by atoms with E-state index >= 15 is 0 Å². The Balaban J connectivity index is 1.84. The molecule has 5 heteroatoms. The fourth-order valence-corrected chi connectivity index (χ4v) is 2.43. The molecule has 100 valence electrons. The number of aryl methyl sites for hydroxylation is 2. The van der Waals surface area contributed by atoms with E-state index in [1.807, 2.05) is 12.1 Å². The monoisotopic (exact) mass is 261 g/mol. The van der Waals surface area contributed by atoms with Crippen LogP contribution in [0.5, 0.6) is 0 Å². The standard InChI is InChI=1S/C14H15NO4/c1-15-10-8-9(2-3-11(10)19-13(15)18)4-5-14(6-7-14)12(16)17/h2-3,8H,4-7H2,1H3,(H,16,17). The fraction of sp³-hybridized carbons (Fsp3) is 0.429. The molecule has 1 aliphatic carbocycles. The largest absolute Gasteiger partial charge is 0.481 e. The highest BCUT2D eigenvalue weighted by molar-refractivity contribution is 5.78. The average molecular weight is 261 g/mol. The normalized spacial score (nSPS) is 16.7. The molecule has 1 heterocycles. The number of hydrogen-bond acceptors (Lipinski definition) is 3. The number of fused-ring (bicyclic) bond motifs is 1. The summed E-state index contributed by atoms with van der Waals surface area (Å²) in [5, 5.41) is 9.14. The summed E-state index contributed by atoms with van der Waals surface area (Å²) in [6, 6.07) is 5.56. The topological polar surface area (TPSA) is 72.4 Å². The molecule has 2 aromatic rings. The number of oxazole rings is 1. The number of carbonyl (C=O) groups is 1. The van der Waals surface area contributed by atoms with E-state index in [9.17, 15) is 9.59 Å². The first-order valence-corrected chi connectivity index (χ1v) is 6.34. The minimum absolute atomic E-state index is 0.378. The van der Waals surface area contributed by atoms with Gasteiger partial charge in [-0.15, -0.1) is 0 Å². The maximum absolute atomic E-state index is 11.4. The molecule has 1 N–H and O–H groups in total. The average Bonchev–Trinajstić information content (AvgIpc) is 3.12. The molecule has 0 radical (unpaired) electrons. The highest BCUT2D eigenvalue weighted by Gasteiger charge is 2.49. The van der Waals surface area contributed by atoms with Gasteiger partial charge in [0.2, 0.25) is 0 Å². The number of benzene rings is 1. The third-order valence-corrected chi connectivity index (χ3v) is 4.06. The van der Waals surface area contributed by atoms with Crippen LogP contribution in [0.3, 0.4) is 0 Å². The summed E-state index contributed by atoms with van der Waals surface area (Å²) in [5.41, 5.74) is 1.85. The van der Waals surface area contributed by atoms with Crippen molar-refractivity contribution >= 4 is 17.1 Å². The van der Waals surface area contributed by atoms with E-state index in [1.54, 1.807) is 13.1 Å². The number of aromatic nitrogens is 1. The van der Waals surface area contributed by atoms with Crippen LogP contribution in [0.15, 0.2) is 27.4 Å². The molecule has 0 spiro atoms. The third-order valence-electron chi connectivity index (χ3n) is 4.06. The van der Waals surface area contributed by atoms with Crippen molar-refractivity contribution in [3.8, 4) is 0 Å². The Bertz CT molecular complexity index is 706. The highest BCUT2D eigenvalue weighted by atomic mass is 16.4. The van der Waals surface area contributed by atoms with Gasteiger partial charge >= 0.3 is 11.7 Å². The second-order valence-electron chi connectivity index (χ2n) is 5.31. The van der Waals surface area contributed by atoms with E-state index in [-0.39, 0.29) is 5.76 Å². The molecule has 1 aromatic heterocycles. The Morgan fingerprint density at radius 2 is 2.21 bits per heavy atom. The van der Waals surface area contributed by atoms with Gasteiger partial charge in [0.15, 0.2) is 5.58 Å². The lowest BCUT2D eigenvalue weighted by Crippen LogP contribution is -2.15. The SMILES string of the molecule is Cn1c(=O)oc2ccc(CCC3(C(=O)O)CC3)cc21. The summed E-state index contributed by atoms with van der Waals surface area (Å²) in [4.78, 5) is 22.5. The lowest BCUT2D eigenvalue weighted by Gasteiger charge is -2.09. The lowest BCUT2D eigenvalue weighted by molar-refractivity contribution is -0.143. The second kappa shape index (κ2) is 3.98. The van der Waals surface area contributed by atoms with Gasteiger partial charge in [-0.2, -0.15) is 0 Å². The minimum atomic E-state index is -0.690. The van der Waals surface area contributed by atoms with E-state index < -0.39 is 11.4 Å². The maximum Gasteiger partial charge on any atom is 0.419 e. The summed E-state index contributed by atoms with van der Waals surface area (Å²) in [6.45, 7) is 0. The fourth-order valence-electron chi connectivity index (χ4n) is 2.43. The Labute approximate surface area is 109 Å². The van der Waals surface area contributed by atoms with Gasteiger partial charge in [0, 0.05) is 7.05 Å². The van der Waals surface area contributed by atoms with E-state index in [1.165, 1.54) is 4.57 Å². The van der Waals surface area contributed by atoms with Crippen LogP contribution in [0, 0.1) is 5.41 Å². The molecule has 3 rings (SSSR count). The number of rotatable bonds is 4. The quantitative estimate of drug-likeness (QED) is 0.912. The summed E-state index contributed by atoms with van der Waals surface area (Å²) in [6.07, 6.45) is 2.91. The van der Waals surface area contributed by atoms with Gasteiger partial charge in [0.05, 0.1) is 10.9 Å². The second-order valence-corrected chi connectivity index (χ2v) is 5.31. The van der Waals surface area contributed by atoms with Crippen molar-refractivity contribution in [3.63, 3.8) is 0 Å². The highest BCUT2D eigenvalue weighted by Crippen LogP contribution is 2.49. The van der Waals surface area contributed by atoms with Gasteiger partial charge in [0.1, 0.15) is 0 Å². The molecule has 0 amide bonds. The first-order chi connectivity index (χ1) is 9.02. The third kappa shape index (κ3) is 1.95. The van der Waals surface area contributed by atoms with Crippen molar-refractivity contribution < 1.29 is 14.3 Å². The first kappa shape index (κ1) is 12.0. The molecular formula is C14H15NO4. The van der Waals surface area contributed by atoms with Gasteiger partial charge in [-0.25, -0.2) is 4.79 Å². The molecule has 0 aliphatic heterocycles. The van der Waals surface area contributed by atoms with E-state index in [0.717, 1.165) is 23.9 Å². The molecule has 19 heavy (non-hydrogen) atoms. The molecule has 0 bridgehead atoms. The Hall–Kier alpha value is -2.04. The van der Waals surface area contributed by atoms with Crippen molar-refractivity contribution in [2.75, 3.05) is 0 Å². The number of carboxylic acid groups (broad SMARTS) is 1. The van der Waals surface area contributed by atoms with Gasteiger partial charge < -0.3 is 9.52 Å². The van der Waals surface area contributed by atoms with Gasteiger partial charge in [-0.05, 0) is 43.4 Å². The van der Waals surface area contributed by atoms with Crippen molar-refractivity contribution in [2.24, 2.45) is 12.5 Å². The minimum Gasteiger partial charge on any atom is -0.481 e. The number of carboxylic acids is 1.